The molecule has 0 bridgehead atoms. The van der Waals surface area contributed by atoms with Gasteiger partial charge in [-0.15, -0.1) is 0 Å². The van der Waals surface area contributed by atoms with Crippen LogP contribution in [0.3, 0.4) is 0 Å². The number of halogens is 1. The molecule has 1 aromatic rings. The highest BCUT2D eigenvalue weighted by Crippen LogP contribution is 2.24. The summed E-state index contributed by atoms with van der Waals surface area (Å²) in [4.78, 5) is 27.6. The van der Waals surface area contributed by atoms with E-state index in [0.717, 1.165) is 32.1 Å². The predicted molar refractivity (Wildman–Crippen MR) is 72.9 cm³/mol. The molecule has 0 aromatic carbocycles. The second-order valence-electron chi connectivity index (χ2n) is 4.22. The zero-order valence-electron chi connectivity index (χ0n) is 10.1. The number of carbonyl (C=O) groups excluding carboxylic acids is 1. The Morgan fingerprint density at radius 3 is 2.79 bits per heavy atom. The van der Waals surface area contributed by atoms with Crippen LogP contribution in [0.5, 0.6) is 0 Å². The molecule has 0 aliphatic carbocycles. The van der Waals surface area contributed by atoms with Crippen molar-refractivity contribution in [3.63, 3.8) is 0 Å². The van der Waals surface area contributed by atoms with Gasteiger partial charge in [-0.3, -0.25) is 14.9 Å². The second kappa shape index (κ2) is 5.96. The quantitative estimate of drug-likeness (QED) is 0.672. The molecular formula is C11H13BrN4O3. The number of aromatic nitrogens is 1. The lowest BCUT2D eigenvalue weighted by Gasteiger charge is -2.15. The average Bonchev–Trinajstić information content (AvgIpc) is 2.90. The van der Waals surface area contributed by atoms with Gasteiger partial charge in [0.2, 0.25) is 5.91 Å². The number of amides is 1. The van der Waals surface area contributed by atoms with E-state index in [1.54, 1.807) is 4.90 Å². The third-order valence-corrected chi connectivity index (χ3v) is 3.51. The lowest BCUT2D eigenvalue weighted by molar-refractivity contribution is -0.385. The first-order valence-corrected chi connectivity index (χ1v) is 6.69. The SMILES string of the molecule is O=C(CNc1ncc([N+](=O)[O-])cc1Br)N1CCCC1. The molecule has 2 heterocycles. The van der Waals surface area contributed by atoms with Crippen LogP contribution >= 0.6 is 15.9 Å². The monoisotopic (exact) mass is 328 g/mol. The number of pyridine rings is 1. The Hall–Kier alpha value is -1.70. The molecule has 102 valence electrons. The number of hydrogen-bond acceptors (Lipinski definition) is 5. The van der Waals surface area contributed by atoms with Crippen LogP contribution in [0.25, 0.3) is 0 Å². The number of nitrogens with one attached hydrogen (secondary N) is 1. The van der Waals surface area contributed by atoms with Crippen LogP contribution in [0.4, 0.5) is 11.5 Å². The van der Waals surface area contributed by atoms with Crippen molar-refractivity contribution >= 4 is 33.3 Å². The third kappa shape index (κ3) is 3.40. The van der Waals surface area contributed by atoms with Gasteiger partial charge in [0.1, 0.15) is 12.0 Å². The number of anilines is 1. The number of rotatable bonds is 4. The summed E-state index contributed by atoms with van der Waals surface area (Å²) in [7, 11) is 0. The van der Waals surface area contributed by atoms with Gasteiger partial charge in [0.15, 0.2) is 0 Å². The first kappa shape index (κ1) is 13.7. The van der Waals surface area contributed by atoms with Crippen LogP contribution < -0.4 is 5.32 Å². The predicted octanol–water partition coefficient (Wildman–Crippen LogP) is 1.79. The zero-order chi connectivity index (χ0) is 13.8. The van der Waals surface area contributed by atoms with Crippen molar-refractivity contribution in [2.75, 3.05) is 25.0 Å². The Balaban J connectivity index is 1.95. The molecule has 1 saturated heterocycles. The van der Waals surface area contributed by atoms with Gasteiger partial charge >= 0.3 is 0 Å². The summed E-state index contributed by atoms with van der Waals surface area (Å²) >= 11 is 3.19. The maximum absolute atomic E-state index is 11.8. The van der Waals surface area contributed by atoms with Gasteiger partial charge in [-0.1, -0.05) is 0 Å². The van der Waals surface area contributed by atoms with Gasteiger partial charge in [-0.2, -0.15) is 0 Å². The molecule has 1 aliphatic heterocycles. The highest BCUT2D eigenvalue weighted by molar-refractivity contribution is 9.10. The Morgan fingerprint density at radius 1 is 1.53 bits per heavy atom. The van der Waals surface area contributed by atoms with Gasteiger partial charge in [0.05, 0.1) is 15.9 Å². The Bertz CT molecular complexity index is 503. The minimum Gasteiger partial charge on any atom is -0.360 e. The number of nitro groups is 1. The summed E-state index contributed by atoms with van der Waals surface area (Å²) in [6.07, 6.45) is 3.25. The number of nitrogens with zero attached hydrogens (tertiary/aromatic N) is 3. The van der Waals surface area contributed by atoms with Gasteiger partial charge < -0.3 is 10.2 Å². The van der Waals surface area contributed by atoms with Gasteiger partial charge in [-0.05, 0) is 28.8 Å². The summed E-state index contributed by atoms with van der Waals surface area (Å²) in [6.45, 7) is 1.74. The lowest BCUT2D eigenvalue weighted by Crippen LogP contribution is -2.33. The van der Waals surface area contributed by atoms with Crippen LogP contribution in [0.15, 0.2) is 16.7 Å². The first-order chi connectivity index (χ1) is 9.08. The van der Waals surface area contributed by atoms with E-state index in [9.17, 15) is 14.9 Å². The normalized spacial score (nSPS) is 14.5. The molecule has 19 heavy (non-hydrogen) atoms. The van der Waals surface area contributed by atoms with E-state index in [1.807, 2.05) is 0 Å². The van der Waals surface area contributed by atoms with Gasteiger partial charge in [0.25, 0.3) is 5.69 Å². The van der Waals surface area contributed by atoms with Crippen molar-refractivity contribution in [3.05, 3.63) is 26.9 Å². The van der Waals surface area contributed by atoms with Crippen molar-refractivity contribution < 1.29 is 9.72 Å². The number of likely N-dealkylation sites (tertiary alicyclic amines) is 1. The van der Waals surface area contributed by atoms with Crippen LogP contribution in [-0.2, 0) is 4.79 Å². The molecule has 8 heteroatoms. The van der Waals surface area contributed by atoms with Crippen LogP contribution in [0.2, 0.25) is 0 Å². The molecule has 1 aromatic heterocycles. The van der Waals surface area contributed by atoms with E-state index in [-0.39, 0.29) is 18.1 Å². The van der Waals surface area contributed by atoms with E-state index in [2.05, 4.69) is 26.2 Å². The Labute approximate surface area is 118 Å². The molecule has 0 atom stereocenters. The fourth-order valence-electron chi connectivity index (χ4n) is 1.90. The molecule has 0 spiro atoms. The van der Waals surface area contributed by atoms with Crippen LogP contribution in [0, 0.1) is 10.1 Å². The van der Waals surface area contributed by atoms with E-state index in [1.165, 1.54) is 6.07 Å². The Kier molecular flexibility index (Phi) is 4.31. The van der Waals surface area contributed by atoms with Crippen molar-refractivity contribution in [2.45, 2.75) is 12.8 Å². The molecule has 1 aliphatic rings. The summed E-state index contributed by atoms with van der Waals surface area (Å²) in [5.41, 5.74) is -0.0942. The van der Waals surface area contributed by atoms with E-state index < -0.39 is 4.92 Å². The van der Waals surface area contributed by atoms with Crippen molar-refractivity contribution in [1.82, 2.24) is 9.88 Å². The topological polar surface area (TPSA) is 88.4 Å². The lowest BCUT2D eigenvalue weighted by atomic mass is 10.4. The third-order valence-electron chi connectivity index (χ3n) is 2.90. The van der Waals surface area contributed by atoms with Gasteiger partial charge in [0, 0.05) is 19.2 Å². The minimum atomic E-state index is -0.517. The molecular weight excluding hydrogens is 316 g/mol. The second-order valence-corrected chi connectivity index (χ2v) is 5.08. The summed E-state index contributed by atoms with van der Waals surface area (Å²) in [5.74, 6) is 0.447. The molecule has 2 rings (SSSR count). The van der Waals surface area contributed by atoms with E-state index in [4.69, 9.17) is 0 Å². The fourth-order valence-corrected chi connectivity index (χ4v) is 2.37. The molecule has 1 fully saturated rings. The van der Waals surface area contributed by atoms with Crippen molar-refractivity contribution in [1.29, 1.82) is 0 Å². The molecule has 0 radical (unpaired) electrons. The zero-order valence-corrected chi connectivity index (χ0v) is 11.7. The fraction of sp³-hybridized carbons (Fsp3) is 0.455. The largest absolute Gasteiger partial charge is 0.360 e. The standard InChI is InChI=1S/C11H13BrN4O3/c12-9-5-8(16(18)19)6-13-11(9)14-7-10(17)15-3-1-2-4-15/h5-6H,1-4,7H2,(H,13,14). The molecule has 0 unspecified atom stereocenters. The molecule has 1 amide bonds. The average molecular weight is 329 g/mol. The molecule has 0 saturated carbocycles. The van der Waals surface area contributed by atoms with Crippen molar-refractivity contribution in [3.8, 4) is 0 Å². The maximum atomic E-state index is 11.8. The summed E-state index contributed by atoms with van der Waals surface area (Å²) in [6, 6.07) is 1.36. The maximum Gasteiger partial charge on any atom is 0.288 e. The number of carbonyl (C=O) groups is 1. The minimum absolute atomic E-state index is 0.0181. The highest BCUT2D eigenvalue weighted by atomic mass is 79.9. The molecule has 7 nitrogen and oxygen atoms in total. The van der Waals surface area contributed by atoms with Gasteiger partial charge in [-0.25, -0.2) is 4.98 Å². The van der Waals surface area contributed by atoms with E-state index in [0.29, 0.717) is 10.3 Å². The first-order valence-electron chi connectivity index (χ1n) is 5.89. The molecule has 1 N–H and O–H groups in total. The van der Waals surface area contributed by atoms with Crippen molar-refractivity contribution in [2.24, 2.45) is 0 Å². The van der Waals surface area contributed by atoms with E-state index >= 15 is 0 Å². The highest BCUT2D eigenvalue weighted by Gasteiger charge is 2.18. The smallest absolute Gasteiger partial charge is 0.288 e. The van der Waals surface area contributed by atoms with Crippen LogP contribution in [0.1, 0.15) is 12.8 Å². The summed E-state index contributed by atoms with van der Waals surface area (Å²) in [5, 5.41) is 13.5. The summed E-state index contributed by atoms with van der Waals surface area (Å²) < 4.78 is 0.468. The Morgan fingerprint density at radius 2 is 2.21 bits per heavy atom. The number of hydrogen-bond donors (Lipinski definition) is 1. The van der Waals surface area contributed by atoms with Crippen LogP contribution in [-0.4, -0.2) is 40.3 Å².